The van der Waals surface area contributed by atoms with Gasteiger partial charge in [0.05, 0.1) is 6.04 Å². The Balaban J connectivity index is 2.16. The van der Waals surface area contributed by atoms with Crippen LogP contribution in [0.5, 0.6) is 0 Å². The fourth-order valence-corrected chi connectivity index (χ4v) is 1.44. The molecule has 0 saturated carbocycles. The second-order valence-electron chi connectivity index (χ2n) is 3.45. The molecule has 2 atom stereocenters. The van der Waals surface area contributed by atoms with E-state index in [2.05, 4.69) is 42.8 Å². The predicted molar refractivity (Wildman–Crippen MR) is 57.2 cm³/mol. The monoisotopic (exact) mass is 171 g/mol. The molecule has 1 heterocycles. The quantitative estimate of drug-likeness (QED) is 0.663. The van der Waals surface area contributed by atoms with Gasteiger partial charge in [0.1, 0.15) is 0 Å². The van der Waals surface area contributed by atoms with E-state index in [1.165, 1.54) is 11.1 Å². The van der Waals surface area contributed by atoms with Gasteiger partial charge in [0.25, 0.3) is 0 Å². The van der Waals surface area contributed by atoms with Crippen molar-refractivity contribution in [2.24, 2.45) is 4.99 Å². The Hall–Kier alpha value is -1.37. The summed E-state index contributed by atoms with van der Waals surface area (Å²) in [4.78, 5) is 4.18. The van der Waals surface area contributed by atoms with Crippen molar-refractivity contribution in [3.63, 3.8) is 0 Å². The summed E-state index contributed by atoms with van der Waals surface area (Å²) in [5.41, 5.74) is 2.53. The molecule has 0 saturated heterocycles. The van der Waals surface area contributed by atoms with Crippen molar-refractivity contribution >= 4 is 12.3 Å². The molecule has 0 radical (unpaired) electrons. The van der Waals surface area contributed by atoms with Crippen LogP contribution in [0, 0.1) is 0 Å². The molecule has 1 nitrogen and oxygen atoms in total. The lowest BCUT2D eigenvalue weighted by atomic mass is 9.96. The highest BCUT2D eigenvalue weighted by Gasteiger charge is 2.22. The molecule has 0 N–H and O–H groups in total. The van der Waals surface area contributed by atoms with Gasteiger partial charge in [-0.1, -0.05) is 43.8 Å². The fourth-order valence-electron chi connectivity index (χ4n) is 1.44. The van der Waals surface area contributed by atoms with Gasteiger partial charge in [-0.05, 0) is 11.1 Å². The summed E-state index contributed by atoms with van der Waals surface area (Å²) in [5.74, 6) is 0.527. The van der Waals surface area contributed by atoms with Crippen molar-refractivity contribution in [1.82, 2.24) is 0 Å². The Kier molecular flexibility index (Phi) is 2.01. The van der Waals surface area contributed by atoms with Crippen LogP contribution in [0.3, 0.4) is 0 Å². The Morgan fingerprint density at radius 2 is 2.00 bits per heavy atom. The SMILES string of the molecule is C=Cc1ccc(C(C)C2C=N2)cc1. The van der Waals surface area contributed by atoms with E-state index in [0.717, 1.165) is 0 Å². The molecule has 2 rings (SSSR count). The summed E-state index contributed by atoms with van der Waals surface area (Å²) >= 11 is 0. The third-order valence-electron chi connectivity index (χ3n) is 2.53. The number of nitrogens with zero attached hydrogens (tertiary/aromatic N) is 1. The van der Waals surface area contributed by atoms with Gasteiger partial charge in [-0.3, -0.25) is 4.99 Å². The molecular weight excluding hydrogens is 158 g/mol. The minimum Gasteiger partial charge on any atom is -0.286 e. The van der Waals surface area contributed by atoms with Gasteiger partial charge in [-0.15, -0.1) is 0 Å². The lowest BCUT2D eigenvalue weighted by Gasteiger charge is -2.08. The predicted octanol–water partition coefficient (Wildman–Crippen LogP) is 2.89. The molecule has 0 aliphatic carbocycles. The molecule has 1 aliphatic rings. The zero-order valence-electron chi connectivity index (χ0n) is 7.77. The van der Waals surface area contributed by atoms with E-state index in [1.54, 1.807) is 0 Å². The summed E-state index contributed by atoms with van der Waals surface area (Å²) < 4.78 is 0. The van der Waals surface area contributed by atoms with E-state index >= 15 is 0 Å². The maximum absolute atomic E-state index is 4.18. The van der Waals surface area contributed by atoms with E-state index in [9.17, 15) is 0 Å². The Labute approximate surface area is 78.8 Å². The molecule has 66 valence electrons. The number of hydrogen-bond acceptors (Lipinski definition) is 1. The van der Waals surface area contributed by atoms with Crippen LogP contribution in [0.1, 0.15) is 24.0 Å². The topological polar surface area (TPSA) is 12.4 Å². The zero-order valence-corrected chi connectivity index (χ0v) is 7.77. The van der Waals surface area contributed by atoms with Crippen molar-refractivity contribution < 1.29 is 0 Å². The molecular formula is C12H13N. The smallest absolute Gasteiger partial charge is 0.0908 e. The average Bonchev–Trinajstić information content (AvgIpc) is 3.00. The highest BCUT2D eigenvalue weighted by molar-refractivity contribution is 5.79. The van der Waals surface area contributed by atoms with Gasteiger partial charge in [0.2, 0.25) is 0 Å². The molecule has 0 fully saturated rings. The molecule has 13 heavy (non-hydrogen) atoms. The van der Waals surface area contributed by atoms with Gasteiger partial charge < -0.3 is 0 Å². The van der Waals surface area contributed by atoms with Gasteiger partial charge in [0, 0.05) is 12.1 Å². The first kappa shape index (κ1) is 8.24. The van der Waals surface area contributed by atoms with Crippen molar-refractivity contribution in [2.45, 2.75) is 18.9 Å². The number of rotatable bonds is 3. The summed E-state index contributed by atoms with van der Waals surface area (Å²) in [6.45, 7) is 5.94. The molecule has 2 unspecified atom stereocenters. The maximum Gasteiger partial charge on any atom is 0.0908 e. The first-order valence-electron chi connectivity index (χ1n) is 4.57. The van der Waals surface area contributed by atoms with Gasteiger partial charge in [-0.2, -0.15) is 0 Å². The van der Waals surface area contributed by atoms with Crippen LogP contribution >= 0.6 is 0 Å². The average molecular weight is 171 g/mol. The van der Waals surface area contributed by atoms with E-state index in [4.69, 9.17) is 0 Å². The summed E-state index contributed by atoms with van der Waals surface area (Å²) in [6.07, 6.45) is 3.87. The Bertz CT molecular complexity index is 329. The van der Waals surface area contributed by atoms with Gasteiger partial charge >= 0.3 is 0 Å². The van der Waals surface area contributed by atoms with Crippen molar-refractivity contribution in [3.8, 4) is 0 Å². The van der Waals surface area contributed by atoms with Gasteiger partial charge in [-0.25, -0.2) is 0 Å². The highest BCUT2D eigenvalue weighted by atomic mass is 14.9. The molecule has 1 aromatic carbocycles. The van der Waals surface area contributed by atoms with Crippen LogP contribution in [-0.4, -0.2) is 12.3 Å². The van der Waals surface area contributed by atoms with E-state index in [-0.39, 0.29) is 0 Å². The van der Waals surface area contributed by atoms with Gasteiger partial charge in [0.15, 0.2) is 0 Å². The molecule has 1 heteroatoms. The standard InChI is InChI=1S/C12H13N/c1-3-10-4-6-11(7-5-10)9(2)12-8-13-12/h3-9,12H,1H2,2H3. The van der Waals surface area contributed by atoms with Crippen LogP contribution in [0.4, 0.5) is 0 Å². The van der Waals surface area contributed by atoms with Crippen LogP contribution in [0.2, 0.25) is 0 Å². The molecule has 0 bridgehead atoms. The molecule has 1 aliphatic heterocycles. The molecule has 0 amide bonds. The largest absolute Gasteiger partial charge is 0.286 e. The third-order valence-corrected chi connectivity index (χ3v) is 2.53. The fraction of sp³-hybridized carbons (Fsp3) is 0.250. The maximum atomic E-state index is 4.18. The number of benzene rings is 1. The number of hydrogen-bond donors (Lipinski definition) is 0. The normalized spacial score (nSPS) is 21.2. The third kappa shape index (κ3) is 1.69. The zero-order chi connectivity index (χ0) is 9.26. The second kappa shape index (κ2) is 3.17. The molecule has 0 aromatic heterocycles. The van der Waals surface area contributed by atoms with Crippen molar-refractivity contribution in [1.29, 1.82) is 0 Å². The summed E-state index contributed by atoms with van der Waals surface area (Å²) in [6, 6.07) is 8.96. The first-order chi connectivity index (χ1) is 6.31. The highest BCUT2D eigenvalue weighted by Crippen LogP contribution is 2.25. The minimum atomic E-state index is 0.453. The first-order valence-corrected chi connectivity index (χ1v) is 4.57. The second-order valence-corrected chi connectivity index (χ2v) is 3.45. The lowest BCUT2D eigenvalue weighted by Crippen LogP contribution is -2.02. The lowest BCUT2D eigenvalue weighted by molar-refractivity contribution is 0.765. The van der Waals surface area contributed by atoms with Crippen LogP contribution < -0.4 is 0 Å². The van der Waals surface area contributed by atoms with Crippen LogP contribution in [0.25, 0.3) is 6.08 Å². The summed E-state index contributed by atoms with van der Waals surface area (Å²) in [7, 11) is 0. The van der Waals surface area contributed by atoms with E-state index < -0.39 is 0 Å². The van der Waals surface area contributed by atoms with Crippen molar-refractivity contribution in [2.75, 3.05) is 0 Å². The number of aliphatic imine (C=N–C) groups is 1. The summed E-state index contributed by atoms with van der Waals surface area (Å²) in [5, 5.41) is 0. The van der Waals surface area contributed by atoms with E-state index in [0.29, 0.717) is 12.0 Å². The Morgan fingerprint density at radius 1 is 1.38 bits per heavy atom. The van der Waals surface area contributed by atoms with Crippen LogP contribution in [-0.2, 0) is 0 Å². The Morgan fingerprint density at radius 3 is 2.46 bits per heavy atom. The minimum absolute atomic E-state index is 0.453. The van der Waals surface area contributed by atoms with E-state index in [1.807, 2.05) is 12.3 Å². The van der Waals surface area contributed by atoms with Crippen molar-refractivity contribution in [3.05, 3.63) is 42.0 Å². The molecule has 0 spiro atoms. The molecule has 1 aromatic rings. The van der Waals surface area contributed by atoms with Crippen LogP contribution in [0.15, 0.2) is 35.8 Å².